The molecule has 0 aliphatic heterocycles. The fourth-order valence-corrected chi connectivity index (χ4v) is 5.06. The number of furan rings is 1. The van der Waals surface area contributed by atoms with E-state index in [1.807, 2.05) is 13.0 Å². The third-order valence-corrected chi connectivity index (χ3v) is 7.14. The second kappa shape index (κ2) is 11.6. The molecule has 0 unspecified atom stereocenters. The molecule has 182 valence electrons. The van der Waals surface area contributed by atoms with Crippen molar-refractivity contribution in [3.63, 3.8) is 0 Å². The Balaban J connectivity index is 1.56. The van der Waals surface area contributed by atoms with Gasteiger partial charge in [0.05, 0.1) is 6.61 Å². The third-order valence-electron chi connectivity index (χ3n) is 6.10. The lowest BCUT2D eigenvalue weighted by atomic mass is 10.0. The van der Waals surface area contributed by atoms with Crippen LogP contribution in [0.5, 0.6) is 0 Å². The van der Waals surface area contributed by atoms with Crippen molar-refractivity contribution >= 4 is 28.9 Å². The zero-order valence-corrected chi connectivity index (χ0v) is 21.7. The van der Waals surface area contributed by atoms with Gasteiger partial charge in [-0.05, 0) is 73.0 Å². The summed E-state index contributed by atoms with van der Waals surface area (Å²) >= 11 is 1.74. The van der Waals surface area contributed by atoms with Crippen molar-refractivity contribution in [3.8, 4) is 0 Å². The number of esters is 1. The van der Waals surface area contributed by atoms with Crippen molar-refractivity contribution in [1.29, 1.82) is 0 Å². The Morgan fingerprint density at radius 2 is 1.74 bits per heavy atom. The minimum absolute atomic E-state index is 0.287. The average molecular weight is 488 g/mol. The van der Waals surface area contributed by atoms with Crippen molar-refractivity contribution in [1.82, 2.24) is 4.31 Å². The average Bonchev–Trinajstić information content (AvgIpc) is 3.19. The largest absolute Gasteiger partial charge is 0.460 e. The highest BCUT2D eigenvalue weighted by Gasteiger charge is 2.19. The number of ether oxygens (including phenoxy) is 1. The lowest BCUT2D eigenvalue weighted by Crippen LogP contribution is -2.18. The molecule has 5 heteroatoms. The van der Waals surface area contributed by atoms with E-state index in [9.17, 15) is 4.79 Å². The Morgan fingerprint density at radius 3 is 2.43 bits per heavy atom. The summed E-state index contributed by atoms with van der Waals surface area (Å²) in [5.41, 5.74) is 5.50. The summed E-state index contributed by atoms with van der Waals surface area (Å²) in [7, 11) is 0. The molecule has 0 amide bonds. The molecule has 1 aromatic heterocycles. The molecule has 0 bridgehead atoms. The molecule has 0 atom stereocenters. The predicted octanol–water partition coefficient (Wildman–Crippen LogP) is 7.79. The summed E-state index contributed by atoms with van der Waals surface area (Å²) in [6.07, 6.45) is 0.970. The van der Waals surface area contributed by atoms with Gasteiger partial charge in [-0.1, -0.05) is 68.4 Å². The first-order chi connectivity index (χ1) is 16.9. The maximum atomic E-state index is 12.3. The maximum absolute atomic E-state index is 12.3. The van der Waals surface area contributed by atoms with Gasteiger partial charge in [-0.3, -0.25) is 0 Å². The van der Waals surface area contributed by atoms with Crippen LogP contribution < -0.4 is 0 Å². The van der Waals surface area contributed by atoms with Crippen LogP contribution in [0.2, 0.25) is 0 Å². The SMILES string of the molecule is CCOC(=O)c1oc2ccc(SN(CCc3ccccc3)Cc3ccc(C(C)C)cc3)cc2c1C. The minimum atomic E-state index is -0.412. The Morgan fingerprint density at radius 1 is 1.00 bits per heavy atom. The molecule has 1 heterocycles. The van der Waals surface area contributed by atoms with E-state index in [0.717, 1.165) is 35.4 Å². The van der Waals surface area contributed by atoms with Gasteiger partial charge in [-0.2, -0.15) is 0 Å². The van der Waals surface area contributed by atoms with Crippen molar-refractivity contribution in [2.45, 2.75) is 51.5 Å². The number of hydrogen-bond donors (Lipinski definition) is 0. The van der Waals surface area contributed by atoms with Crippen molar-refractivity contribution < 1.29 is 13.9 Å². The molecule has 0 aliphatic carbocycles. The van der Waals surface area contributed by atoms with Gasteiger partial charge in [0.1, 0.15) is 5.58 Å². The topological polar surface area (TPSA) is 42.7 Å². The zero-order chi connectivity index (χ0) is 24.8. The first-order valence-corrected chi connectivity index (χ1v) is 13.0. The van der Waals surface area contributed by atoms with Crippen LogP contribution in [0.3, 0.4) is 0 Å². The van der Waals surface area contributed by atoms with Crippen LogP contribution in [0.25, 0.3) is 11.0 Å². The van der Waals surface area contributed by atoms with Crippen LogP contribution >= 0.6 is 11.9 Å². The van der Waals surface area contributed by atoms with Gasteiger partial charge < -0.3 is 9.15 Å². The van der Waals surface area contributed by atoms with Gasteiger partial charge in [0, 0.05) is 28.9 Å². The summed E-state index contributed by atoms with van der Waals surface area (Å²) in [6, 6.07) is 25.6. The smallest absolute Gasteiger partial charge is 0.374 e. The molecule has 4 aromatic rings. The van der Waals surface area contributed by atoms with Gasteiger partial charge in [-0.25, -0.2) is 9.10 Å². The predicted molar refractivity (Wildman–Crippen MR) is 144 cm³/mol. The molecule has 0 aliphatic rings. The van der Waals surface area contributed by atoms with Crippen LogP contribution in [-0.4, -0.2) is 23.4 Å². The standard InChI is InChI=1S/C30H33NO3S/c1-5-33-30(32)29-22(4)27-19-26(15-16-28(27)34-29)35-31(18-17-23-9-7-6-8-10-23)20-24-11-13-25(14-12-24)21(2)3/h6-16,19,21H,5,17-18,20H2,1-4H3. The van der Waals surface area contributed by atoms with Crippen molar-refractivity contribution in [2.75, 3.05) is 13.2 Å². The van der Waals surface area contributed by atoms with Gasteiger partial charge in [0.2, 0.25) is 5.76 Å². The van der Waals surface area contributed by atoms with Crippen LogP contribution in [-0.2, 0) is 17.7 Å². The second-order valence-electron chi connectivity index (χ2n) is 9.02. The molecule has 4 nitrogen and oxygen atoms in total. The van der Waals surface area contributed by atoms with Crippen LogP contribution in [0.1, 0.15) is 59.5 Å². The Bertz CT molecular complexity index is 1260. The highest BCUT2D eigenvalue weighted by Crippen LogP contribution is 2.32. The lowest BCUT2D eigenvalue weighted by Gasteiger charge is -2.22. The third kappa shape index (κ3) is 6.36. The Labute approximate surface area is 212 Å². The molecule has 4 rings (SSSR count). The van der Waals surface area contributed by atoms with E-state index in [-0.39, 0.29) is 5.76 Å². The first-order valence-electron chi connectivity index (χ1n) is 12.2. The molecule has 0 N–H and O–H groups in total. The molecule has 0 saturated heterocycles. The molecule has 0 fully saturated rings. The molecule has 0 saturated carbocycles. The van der Waals surface area contributed by atoms with Gasteiger partial charge in [0.15, 0.2) is 0 Å². The number of nitrogens with zero attached hydrogens (tertiary/aromatic N) is 1. The lowest BCUT2D eigenvalue weighted by molar-refractivity contribution is 0.0491. The minimum Gasteiger partial charge on any atom is -0.460 e. The number of benzene rings is 3. The van der Waals surface area contributed by atoms with Crippen LogP contribution in [0, 0.1) is 6.92 Å². The summed E-state index contributed by atoms with van der Waals surface area (Å²) in [5.74, 6) is 0.400. The van der Waals surface area contributed by atoms with E-state index in [2.05, 4.69) is 84.9 Å². The number of rotatable bonds is 10. The second-order valence-corrected chi connectivity index (χ2v) is 10.2. The molecular weight excluding hydrogens is 454 g/mol. The molecular formula is C30H33NO3S. The Hall–Kier alpha value is -3.02. The maximum Gasteiger partial charge on any atom is 0.374 e. The molecule has 0 radical (unpaired) electrons. The summed E-state index contributed by atoms with van der Waals surface area (Å²) in [6.45, 7) is 10.2. The Kier molecular flexibility index (Phi) is 8.32. The zero-order valence-electron chi connectivity index (χ0n) is 20.9. The molecule has 0 spiro atoms. The van der Waals surface area contributed by atoms with E-state index in [0.29, 0.717) is 18.1 Å². The molecule has 35 heavy (non-hydrogen) atoms. The molecule has 3 aromatic carbocycles. The fourth-order valence-electron chi connectivity index (χ4n) is 4.06. The van der Waals surface area contributed by atoms with Crippen molar-refractivity contribution in [3.05, 3.63) is 101 Å². The highest BCUT2D eigenvalue weighted by molar-refractivity contribution is 7.97. The normalized spacial score (nSPS) is 11.5. The van der Waals surface area contributed by atoms with E-state index in [1.54, 1.807) is 18.9 Å². The monoisotopic (exact) mass is 487 g/mol. The number of carbonyl (C=O) groups excluding carboxylic acids is 1. The van der Waals surface area contributed by atoms with Gasteiger partial charge in [0.25, 0.3) is 0 Å². The summed E-state index contributed by atoms with van der Waals surface area (Å²) in [5, 5.41) is 0.947. The van der Waals surface area contributed by atoms with Crippen LogP contribution in [0.15, 0.2) is 82.1 Å². The van der Waals surface area contributed by atoms with Gasteiger partial charge >= 0.3 is 5.97 Å². The van der Waals surface area contributed by atoms with Crippen LogP contribution in [0.4, 0.5) is 0 Å². The quantitative estimate of drug-likeness (QED) is 0.169. The van der Waals surface area contributed by atoms with Gasteiger partial charge in [-0.15, -0.1) is 0 Å². The van der Waals surface area contributed by atoms with E-state index in [4.69, 9.17) is 9.15 Å². The summed E-state index contributed by atoms with van der Waals surface area (Å²) < 4.78 is 13.4. The van der Waals surface area contributed by atoms with E-state index >= 15 is 0 Å². The van der Waals surface area contributed by atoms with E-state index in [1.165, 1.54) is 16.7 Å². The number of hydrogen-bond acceptors (Lipinski definition) is 5. The highest BCUT2D eigenvalue weighted by atomic mass is 32.2. The number of carbonyl (C=O) groups is 1. The number of fused-ring (bicyclic) bond motifs is 1. The van der Waals surface area contributed by atoms with E-state index < -0.39 is 5.97 Å². The first kappa shape index (κ1) is 25.1. The fraction of sp³-hybridized carbons (Fsp3) is 0.300. The van der Waals surface area contributed by atoms with Crippen molar-refractivity contribution in [2.24, 2.45) is 0 Å². The number of aryl methyl sites for hydroxylation is 1. The summed E-state index contributed by atoms with van der Waals surface area (Å²) in [4.78, 5) is 13.4.